The molecule has 1 aromatic carbocycles. The van der Waals surface area contributed by atoms with Crippen molar-refractivity contribution < 1.29 is 9.59 Å². The summed E-state index contributed by atoms with van der Waals surface area (Å²) in [5, 5.41) is 6.94. The Balaban J connectivity index is 2.62. The van der Waals surface area contributed by atoms with Crippen LogP contribution in [0.25, 0.3) is 0 Å². The van der Waals surface area contributed by atoms with Crippen LogP contribution in [0.15, 0.2) is 29.4 Å². The Bertz CT molecular complexity index is 569. The zero-order valence-corrected chi connectivity index (χ0v) is 14.7. The number of amides is 2. The van der Waals surface area contributed by atoms with Gasteiger partial charge in [-0.1, -0.05) is 34.1 Å². The average molecular weight is 317 g/mol. The summed E-state index contributed by atoms with van der Waals surface area (Å²) < 4.78 is 0. The summed E-state index contributed by atoms with van der Waals surface area (Å²) in [4.78, 5) is 23.7. The molecule has 0 spiro atoms. The van der Waals surface area contributed by atoms with Gasteiger partial charge in [-0.05, 0) is 37.6 Å². The van der Waals surface area contributed by atoms with E-state index in [0.717, 1.165) is 18.6 Å². The summed E-state index contributed by atoms with van der Waals surface area (Å²) in [5.41, 5.74) is 4.52. The SMILES string of the molecule is CCCCC(=O)Nc1ccc(C(=O)N/N=C(\C)C(C)(C)C)cc1. The van der Waals surface area contributed by atoms with Gasteiger partial charge in [0, 0.05) is 28.8 Å². The second-order valence-corrected chi connectivity index (χ2v) is 6.62. The highest BCUT2D eigenvalue weighted by Gasteiger charge is 2.15. The standard InChI is InChI=1S/C18H27N3O2/c1-6-7-8-16(22)19-15-11-9-14(10-12-15)17(23)21-20-13(2)18(3,4)5/h9-12H,6-8H2,1-5H3,(H,19,22)(H,21,23)/b20-13+. The summed E-state index contributed by atoms with van der Waals surface area (Å²) in [6.07, 6.45) is 2.37. The first-order valence-electron chi connectivity index (χ1n) is 7.99. The highest BCUT2D eigenvalue weighted by Crippen LogP contribution is 2.15. The van der Waals surface area contributed by atoms with E-state index in [2.05, 4.69) is 15.8 Å². The van der Waals surface area contributed by atoms with Crippen molar-refractivity contribution in [2.24, 2.45) is 10.5 Å². The smallest absolute Gasteiger partial charge is 0.271 e. The second-order valence-electron chi connectivity index (χ2n) is 6.62. The van der Waals surface area contributed by atoms with Crippen LogP contribution < -0.4 is 10.7 Å². The Kier molecular flexibility index (Phi) is 6.94. The van der Waals surface area contributed by atoms with Crippen LogP contribution in [0.1, 0.15) is 64.2 Å². The van der Waals surface area contributed by atoms with E-state index in [1.807, 2.05) is 34.6 Å². The second kappa shape index (κ2) is 8.46. The third-order valence-electron chi connectivity index (χ3n) is 3.60. The highest BCUT2D eigenvalue weighted by molar-refractivity contribution is 5.97. The minimum atomic E-state index is -0.266. The van der Waals surface area contributed by atoms with Gasteiger partial charge in [-0.15, -0.1) is 0 Å². The van der Waals surface area contributed by atoms with E-state index in [4.69, 9.17) is 0 Å². The predicted octanol–water partition coefficient (Wildman–Crippen LogP) is 3.97. The summed E-state index contributed by atoms with van der Waals surface area (Å²) in [6, 6.07) is 6.79. The summed E-state index contributed by atoms with van der Waals surface area (Å²) in [7, 11) is 0. The van der Waals surface area contributed by atoms with Gasteiger partial charge < -0.3 is 5.32 Å². The molecule has 1 aromatic rings. The zero-order chi connectivity index (χ0) is 17.5. The zero-order valence-electron chi connectivity index (χ0n) is 14.7. The molecular formula is C18H27N3O2. The number of anilines is 1. The van der Waals surface area contributed by atoms with Crippen molar-refractivity contribution in [3.63, 3.8) is 0 Å². The van der Waals surface area contributed by atoms with Gasteiger partial charge in [0.1, 0.15) is 0 Å². The number of hydrogen-bond donors (Lipinski definition) is 2. The average Bonchev–Trinajstić information content (AvgIpc) is 2.50. The van der Waals surface area contributed by atoms with Gasteiger partial charge >= 0.3 is 0 Å². The number of benzene rings is 1. The molecule has 0 saturated heterocycles. The van der Waals surface area contributed by atoms with Crippen LogP contribution in [0.3, 0.4) is 0 Å². The molecular weight excluding hydrogens is 290 g/mol. The molecule has 0 unspecified atom stereocenters. The van der Waals surface area contributed by atoms with E-state index in [9.17, 15) is 9.59 Å². The number of nitrogens with zero attached hydrogens (tertiary/aromatic N) is 1. The lowest BCUT2D eigenvalue weighted by Gasteiger charge is -2.17. The van der Waals surface area contributed by atoms with Gasteiger partial charge in [0.25, 0.3) is 5.91 Å². The molecule has 0 aliphatic heterocycles. The molecule has 0 atom stereocenters. The van der Waals surface area contributed by atoms with Gasteiger partial charge in [0.05, 0.1) is 0 Å². The fourth-order valence-electron chi connectivity index (χ4n) is 1.63. The van der Waals surface area contributed by atoms with E-state index in [-0.39, 0.29) is 17.2 Å². The van der Waals surface area contributed by atoms with Crippen LogP contribution in [-0.4, -0.2) is 17.5 Å². The van der Waals surface area contributed by atoms with Gasteiger partial charge in [0.15, 0.2) is 0 Å². The monoisotopic (exact) mass is 317 g/mol. The molecule has 0 aromatic heterocycles. The third kappa shape index (κ3) is 6.63. The number of unbranched alkanes of at least 4 members (excludes halogenated alkanes) is 1. The molecule has 5 heteroatoms. The summed E-state index contributed by atoms with van der Waals surface area (Å²) in [6.45, 7) is 10.0. The normalized spacial score (nSPS) is 12.0. The first-order chi connectivity index (χ1) is 10.7. The quantitative estimate of drug-likeness (QED) is 0.615. The number of carbonyl (C=O) groups excluding carboxylic acids is 2. The van der Waals surface area contributed by atoms with E-state index in [1.165, 1.54) is 0 Å². The van der Waals surface area contributed by atoms with Gasteiger partial charge in [0.2, 0.25) is 5.91 Å². The third-order valence-corrected chi connectivity index (χ3v) is 3.60. The van der Waals surface area contributed by atoms with E-state index >= 15 is 0 Å². The van der Waals surface area contributed by atoms with Crippen LogP contribution in [0.2, 0.25) is 0 Å². The topological polar surface area (TPSA) is 70.6 Å². The lowest BCUT2D eigenvalue weighted by Crippen LogP contribution is -2.24. The molecule has 1 rings (SSSR count). The maximum atomic E-state index is 12.0. The minimum absolute atomic E-state index is 0.00514. The number of carbonyl (C=O) groups is 2. The molecule has 0 heterocycles. The number of hydrazone groups is 1. The van der Waals surface area contributed by atoms with Crippen LogP contribution in [0, 0.1) is 5.41 Å². The fraction of sp³-hybridized carbons (Fsp3) is 0.500. The Labute approximate surface area is 138 Å². The first kappa shape index (κ1) is 18.9. The van der Waals surface area contributed by atoms with E-state index < -0.39 is 0 Å². The summed E-state index contributed by atoms with van der Waals surface area (Å²) >= 11 is 0. The van der Waals surface area contributed by atoms with Crippen molar-refractivity contribution in [1.82, 2.24) is 5.43 Å². The van der Waals surface area contributed by atoms with E-state index in [1.54, 1.807) is 24.3 Å². The van der Waals surface area contributed by atoms with Crippen molar-refractivity contribution >= 4 is 23.2 Å². The van der Waals surface area contributed by atoms with Crippen LogP contribution in [0.5, 0.6) is 0 Å². The number of rotatable bonds is 6. The van der Waals surface area contributed by atoms with Crippen molar-refractivity contribution in [2.45, 2.75) is 53.9 Å². The lowest BCUT2D eigenvalue weighted by molar-refractivity contribution is -0.116. The van der Waals surface area contributed by atoms with E-state index in [0.29, 0.717) is 17.7 Å². The molecule has 0 aliphatic carbocycles. The number of nitrogens with one attached hydrogen (secondary N) is 2. The van der Waals surface area contributed by atoms with Crippen molar-refractivity contribution in [2.75, 3.05) is 5.32 Å². The molecule has 0 aliphatic rings. The Hall–Kier alpha value is -2.17. The molecule has 0 fully saturated rings. The van der Waals surface area contributed by atoms with Gasteiger partial charge in [-0.3, -0.25) is 9.59 Å². The first-order valence-corrected chi connectivity index (χ1v) is 7.99. The molecule has 5 nitrogen and oxygen atoms in total. The van der Waals surface area contributed by atoms with Crippen molar-refractivity contribution in [3.05, 3.63) is 29.8 Å². The molecule has 126 valence electrons. The van der Waals surface area contributed by atoms with Crippen molar-refractivity contribution in [3.8, 4) is 0 Å². The lowest BCUT2D eigenvalue weighted by atomic mass is 9.91. The van der Waals surface area contributed by atoms with Gasteiger partial charge in [-0.25, -0.2) is 5.43 Å². The Morgan fingerprint density at radius 1 is 1.13 bits per heavy atom. The largest absolute Gasteiger partial charge is 0.326 e. The maximum Gasteiger partial charge on any atom is 0.271 e. The minimum Gasteiger partial charge on any atom is -0.326 e. The molecule has 0 saturated carbocycles. The van der Waals surface area contributed by atoms with Crippen LogP contribution >= 0.6 is 0 Å². The van der Waals surface area contributed by atoms with Crippen molar-refractivity contribution in [1.29, 1.82) is 0 Å². The fourth-order valence-corrected chi connectivity index (χ4v) is 1.63. The highest BCUT2D eigenvalue weighted by atomic mass is 16.2. The van der Waals surface area contributed by atoms with Crippen LogP contribution in [0.4, 0.5) is 5.69 Å². The summed E-state index contributed by atoms with van der Waals surface area (Å²) in [5.74, 6) is -0.271. The molecule has 0 bridgehead atoms. The molecule has 23 heavy (non-hydrogen) atoms. The predicted molar refractivity (Wildman–Crippen MR) is 94.6 cm³/mol. The number of hydrogen-bond acceptors (Lipinski definition) is 3. The Morgan fingerprint density at radius 3 is 2.26 bits per heavy atom. The van der Waals surface area contributed by atoms with Gasteiger partial charge in [-0.2, -0.15) is 5.10 Å². The molecule has 0 radical (unpaired) electrons. The molecule has 2 amide bonds. The maximum absolute atomic E-state index is 12.0. The Morgan fingerprint density at radius 2 is 1.74 bits per heavy atom. The molecule has 2 N–H and O–H groups in total. The van der Waals surface area contributed by atoms with Crippen LogP contribution in [-0.2, 0) is 4.79 Å².